The lowest BCUT2D eigenvalue weighted by Crippen LogP contribution is -2.41. The first-order chi connectivity index (χ1) is 47.2. The smallest absolute Gasteiger partial charge is 0.456 e. The minimum absolute atomic E-state index is 0.193. The van der Waals surface area contributed by atoms with Crippen LogP contribution < -0.4 is 5.46 Å². The molecule has 0 unspecified atom stereocenters. The van der Waals surface area contributed by atoms with E-state index in [4.69, 9.17) is 31.9 Å². The molecule has 16 aromatic rings. The molecule has 0 amide bonds. The molecule has 0 N–H and O–H groups in total. The van der Waals surface area contributed by atoms with Crippen molar-refractivity contribution in [2.24, 2.45) is 0 Å². The fourth-order valence-electron chi connectivity index (χ4n) is 12.6. The standard InChI is InChI=1S/C38H24O.C26H17Br.C18H19BO3/c1-2-12-25(13-3-1)36-29-16-4-6-18-31(29)37(32-19-7-5-17-30(32)36)27-15-10-14-26(24-27)28-21-11-23-35-38(28)33-20-8-9-22-34(33)39-35;27-20-12-8-11-19(17-20)26-23-15-6-4-13-21(23)25(18-9-2-1-3-10-18)22-14-5-7-16-24(22)26;1-17(2)18(3,4)22-19(21-17)13-9-7-11-15-16(13)12-8-5-6-10-14(12)20-15/h1-24H;1-17H;5-11H,1-4H3/i1D,2D,3D,12D,13D;1D,2D,3D,9D,10D;. The first kappa shape index (κ1) is 44.6. The van der Waals surface area contributed by atoms with Crippen LogP contribution in [0.15, 0.2) is 304 Å². The molecule has 1 aliphatic heterocycles. The number of halogens is 1. The Kier molecular flexibility index (Phi) is 11.4. The summed E-state index contributed by atoms with van der Waals surface area (Å²) in [6, 6.07) is 73.6. The fourth-order valence-corrected chi connectivity index (χ4v) is 13.0. The molecule has 0 saturated carbocycles. The second-order valence-corrected chi connectivity index (χ2v) is 23.9. The van der Waals surface area contributed by atoms with Crippen molar-refractivity contribution >= 4 is 115 Å². The van der Waals surface area contributed by atoms with E-state index in [0.717, 1.165) is 130 Å². The summed E-state index contributed by atoms with van der Waals surface area (Å²) in [5.74, 6) is 0. The van der Waals surface area contributed by atoms with Crippen LogP contribution in [0.2, 0.25) is 0 Å². The van der Waals surface area contributed by atoms with E-state index < -0.39 is 6.04 Å². The highest BCUT2D eigenvalue weighted by atomic mass is 79.9. The third-order valence-electron chi connectivity index (χ3n) is 17.3. The number of furan rings is 2. The molecule has 0 atom stereocenters. The summed E-state index contributed by atoms with van der Waals surface area (Å²) in [5.41, 5.74) is 11.8. The average Bonchev–Trinajstić information content (AvgIpc) is 1.20. The third kappa shape index (κ3) is 9.66. The summed E-state index contributed by atoms with van der Waals surface area (Å²) in [6.07, 6.45) is 0. The fraction of sp³-hybridized carbons (Fsp3) is 0.0732. The molecule has 0 radical (unpaired) electrons. The second kappa shape index (κ2) is 22.5. The van der Waals surface area contributed by atoms with Crippen LogP contribution in [-0.4, -0.2) is 18.3 Å². The molecule has 3 heterocycles. The molecule has 0 bridgehead atoms. The summed E-state index contributed by atoms with van der Waals surface area (Å²) in [4.78, 5) is 0. The van der Waals surface area contributed by atoms with Gasteiger partial charge in [-0.05, 0) is 174 Å². The first-order valence-electron chi connectivity index (χ1n) is 34.3. The van der Waals surface area contributed by atoms with Crippen LogP contribution in [0.5, 0.6) is 0 Å². The number of rotatable bonds is 6. The molecule has 14 aromatic carbocycles. The minimum atomic E-state index is -0.397. The van der Waals surface area contributed by atoms with Gasteiger partial charge in [0.05, 0.1) is 24.9 Å². The van der Waals surface area contributed by atoms with Gasteiger partial charge in [-0.1, -0.05) is 264 Å². The van der Waals surface area contributed by atoms with E-state index in [9.17, 15) is 0 Å². The van der Waals surface area contributed by atoms with E-state index in [1.807, 2.05) is 170 Å². The highest BCUT2D eigenvalue weighted by Gasteiger charge is 2.52. The maximum atomic E-state index is 8.79. The number of fused-ring (bicyclic) bond motifs is 10. The van der Waals surface area contributed by atoms with Crippen LogP contribution >= 0.6 is 15.9 Å². The molecule has 6 heteroatoms. The Balaban J connectivity index is 0.000000127. The van der Waals surface area contributed by atoms with Crippen molar-refractivity contribution < 1.29 is 31.9 Å². The van der Waals surface area contributed by atoms with E-state index in [1.54, 1.807) is 0 Å². The van der Waals surface area contributed by atoms with Crippen LogP contribution in [0.25, 0.3) is 143 Å². The largest absolute Gasteiger partial charge is 0.495 e. The Morgan fingerprint density at radius 2 is 0.659 bits per heavy atom. The molecule has 4 nitrogen and oxygen atoms in total. The Bertz CT molecular complexity index is 5780. The molecule has 1 aliphatic rings. The van der Waals surface area contributed by atoms with E-state index in [1.165, 1.54) is 0 Å². The number of para-hydroxylation sites is 2. The Labute approximate surface area is 534 Å². The van der Waals surface area contributed by atoms with Crippen molar-refractivity contribution in [1.82, 2.24) is 0 Å². The molecule has 422 valence electrons. The molecule has 1 fully saturated rings. The van der Waals surface area contributed by atoms with Gasteiger partial charge in [-0.15, -0.1) is 0 Å². The van der Waals surface area contributed by atoms with Gasteiger partial charge in [-0.25, -0.2) is 0 Å². The van der Waals surface area contributed by atoms with Crippen molar-refractivity contribution in [2.75, 3.05) is 0 Å². The van der Waals surface area contributed by atoms with Crippen LogP contribution in [0, 0.1) is 0 Å². The van der Waals surface area contributed by atoms with Gasteiger partial charge in [0.2, 0.25) is 0 Å². The van der Waals surface area contributed by atoms with E-state index in [0.29, 0.717) is 11.1 Å². The van der Waals surface area contributed by atoms with Gasteiger partial charge in [0, 0.05) is 26.0 Å². The van der Waals surface area contributed by atoms with Gasteiger partial charge in [0.25, 0.3) is 0 Å². The zero-order valence-electron chi connectivity index (χ0n) is 58.5. The normalized spacial score (nSPS) is 15.2. The maximum absolute atomic E-state index is 8.79. The lowest BCUT2D eigenvalue weighted by molar-refractivity contribution is 0.00578. The minimum Gasteiger partial charge on any atom is -0.456 e. The van der Waals surface area contributed by atoms with Crippen molar-refractivity contribution in [1.29, 1.82) is 0 Å². The summed E-state index contributed by atoms with van der Waals surface area (Å²) >= 11 is 3.57. The molecular formula is C82H60BBrO4. The van der Waals surface area contributed by atoms with Gasteiger partial charge in [-0.3, -0.25) is 0 Å². The number of benzene rings is 14. The molecule has 0 spiro atoms. The van der Waals surface area contributed by atoms with Crippen LogP contribution in [0.4, 0.5) is 0 Å². The Hall–Kier alpha value is -9.82. The summed E-state index contributed by atoms with van der Waals surface area (Å²) in [5, 5.41) is 11.5. The monoisotopic (exact) mass is 1210 g/mol. The highest BCUT2D eigenvalue weighted by Crippen LogP contribution is 2.47. The van der Waals surface area contributed by atoms with Crippen molar-refractivity contribution in [3.63, 3.8) is 0 Å². The van der Waals surface area contributed by atoms with Gasteiger partial charge < -0.3 is 18.1 Å². The highest BCUT2D eigenvalue weighted by molar-refractivity contribution is 9.10. The van der Waals surface area contributed by atoms with Gasteiger partial charge in [0.1, 0.15) is 22.3 Å². The third-order valence-corrected chi connectivity index (χ3v) is 17.8. The Morgan fingerprint density at radius 1 is 0.318 bits per heavy atom. The predicted molar refractivity (Wildman–Crippen MR) is 375 cm³/mol. The molecule has 17 rings (SSSR count). The summed E-state index contributed by atoms with van der Waals surface area (Å²) in [6.45, 7) is 8.28. The molecule has 1 saturated heterocycles. The second-order valence-electron chi connectivity index (χ2n) is 23.0. The molecule has 88 heavy (non-hydrogen) atoms. The van der Waals surface area contributed by atoms with Crippen molar-refractivity contribution in [2.45, 2.75) is 38.9 Å². The zero-order chi connectivity index (χ0) is 68.2. The van der Waals surface area contributed by atoms with Crippen LogP contribution in [-0.2, 0) is 9.31 Å². The van der Waals surface area contributed by atoms with Gasteiger partial charge in [-0.2, -0.15) is 0 Å². The van der Waals surface area contributed by atoms with E-state index in [2.05, 4.69) is 104 Å². The summed E-state index contributed by atoms with van der Waals surface area (Å²) < 4.78 is 110. The number of hydrogen-bond acceptors (Lipinski definition) is 4. The van der Waals surface area contributed by atoms with Gasteiger partial charge in [0.15, 0.2) is 0 Å². The molecule has 2 aromatic heterocycles. The lowest BCUT2D eigenvalue weighted by Gasteiger charge is -2.32. The van der Waals surface area contributed by atoms with Gasteiger partial charge >= 0.3 is 7.12 Å². The quantitative estimate of drug-likeness (QED) is 0.123. The maximum Gasteiger partial charge on any atom is 0.495 e. The molecule has 0 aliphatic carbocycles. The SMILES string of the molecule is CC1(C)OB(c2cccc3oc4ccccc4c23)OC1(C)C.[2H]c1c([2H])c([2H])c(-c2c3ccccc3c(-c3cccc(-c4cccc5oc6ccccc6c45)c3)c3ccccc23)c([2H])c1[2H].[2H]c1c([2H])c([2H])c(-c2c3ccccc3c(-c3cccc(Br)c3)c3ccccc23)c([2H])c1[2H]. The average molecular weight is 1210 g/mol. The lowest BCUT2D eigenvalue weighted by atomic mass is 9.76. The Morgan fingerprint density at radius 3 is 1.11 bits per heavy atom. The topological polar surface area (TPSA) is 44.7 Å². The predicted octanol–water partition coefficient (Wildman–Crippen LogP) is 22.9. The molecular weight excluding hydrogens is 1140 g/mol. The summed E-state index contributed by atoms with van der Waals surface area (Å²) in [7, 11) is -0.380. The van der Waals surface area contributed by atoms with E-state index in [-0.39, 0.29) is 83.8 Å². The number of hydrogen-bond donors (Lipinski definition) is 0. The zero-order valence-corrected chi connectivity index (χ0v) is 50.1. The van der Waals surface area contributed by atoms with Crippen molar-refractivity contribution in [3.05, 3.63) is 295 Å². The van der Waals surface area contributed by atoms with E-state index >= 15 is 0 Å². The van der Waals surface area contributed by atoms with Crippen LogP contribution in [0.1, 0.15) is 41.4 Å². The van der Waals surface area contributed by atoms with Crippen molar-refractivity contribution in [3.8, 4) is 55.6 Å². The van der Waals surface area contributed by atoms with Crippen LogP contribution in [0.3, 0.4) is 0 Å². The first-order valence-corrected chi connectivity index (χ1v) is 30.1.